The number of ketones is 6. The van der Waals surface area contributed by atoms with Crippen molar-refractivity contribution in [2.75, 3.05) is 40.3 Å². The number of furan rings is 7. The van der Waals surface area contributed by atoms with Crippen molar-refractivity contribution in [2.45, 2.75) is 107 Å². The molecule has 758 valence electrons. The maximum atomic E-state index is 13.1. The number of thioether (sulfide) groups is 7. The number of aliphatic hydroxyl groups excluding tert-OH is 1. The van der Waals surface area contributed by atoms with Gasteiger partial charge in [-0.15, -0.1) is 65.6 Å². The Morgan fingerprint density at radius 3 is 1.22 bits per heavy atom. The van der Waals surface area contributed by atoms with Crippen molar-refractivity contribution in [3.8, 4) is 127 Å². The van der Waals surface area contributed by atoms with Gasteiger partial charge in [0.25, 0.3) is 5.69 Å². The van der Waals surface area contributed by atoms with Crippen LogP contribution in [-0.4, -0.2) is 212 Å². The van der Waals surface area contributed by atoms with Crippen molar-refractivity contribution in [1.82, 2.24) is 106 Å². The molecule has 2 aromatic carbocycles. The number of halogens is 4. The molecular formula is C94H86BrF3N26O16S7. The maximum absolute atomic E-state index is 13.1. The zero-order valence-corrected chi connectivity index (χ0v) is 86.8. The van der Waals surface area contributed by atoms with Gasteiger partial charge in [0.1, 0.15) is 85.0 Å². The molecule has 0 radical (unpaired) electrons. The zero-order valence-electron chi connectivity index (χ0n) is 79.5. The molecule has 0 unspecified atom stereocenters. The lowest BCUT2D eigenvalue weighted by atomic mass is 10.1. The number of H-pyrrole nitrogens is 6. The third-order valence-corrected chi connectivity index (χ3v) is 26.5. The molecule has 0 saturated heterocycles. The van der Waals surface area contributed by atoms with Crippen molar-refractivity contribution in [1.29, 1.82) is 0 Å². The van der Waals surface area contributed by atoms with Gasteiger partial charge in [-0.25, -0.2) is 0 Å². The Kier molecular flexibility index (Phi) is 38.1. The van der Waals surface area contributed by atoms with Gasteiger partial charge in [0.15, 0.2) is 79.9 Å². The van der Waals surface area contributed by atoms with Crippen LogP contribution in [0.1, 0.15) is 94.3 Å². The summed E-state index contributed by atoms with van der Waals surface area (Å²) in [6.45, 7) is 18.4. The Bertz CT molecular complexity index is 7710. The minimum Gasteiger partial charge on any atom is -0.512 e. The minimum absolute atomic E-state index is 0.0132. The molecule has 7 N–H and O–H groups in total. The number of carbonyl (C=O) groups excluding carboxylic acids is 6. The molecule has 2 aliphatic heterocycles. The highest BCUT2D eigenvalue weighted by Crippen LogP contribution is 2.41. The molecule has 0 saturated carbocycles. The fourth-order valence-corrected chi connectivity index (χ4v) is 17.2. The molecule has 0 spiro atoms. The van der Waals surface area contributed by atoms with Crippen molar-refractivity contribution in [3.05, 3.63) is 219 Å². The van der Waals surface area contributed by atoms with Gasteiger partial charge < -0.3 is 36.0 Å². The highest BCUT2D eigenvalue weighted by molar-refractivity contribution is 9.10. The Hall–Kier alpha value is -15.4. The van der Waals surface area contributed by atoms with Crippen LogP contribution in [0.3, 0.4) is 0 Å². The molecule has 0 amide bonds. The first kappa shape index (κ1) is 109. The summed E-state index contributed by atoms with van der Waals surface area (Å²) >= 11 is 12.3. The second-order valence-corrected chi connectivity index (χ2v) is 38.7. The number of nitro groups is 1. The molecule has 0 fully saturated rings. The Morgan fingerprint density at radius 2 is 0.823 bits per heavy atom. The highest BCUT2D eigenvalue weighted by atomic mass is 79.9. The number of aliphatic hydroxyl groups is 1. The van der Waals surface area contributed by atoms with Crippen LogP contribution in [0, 0.1) is 43.2 Å². The topological polar surface area (TPSA) is 579 Å². The summed E-state index contributed by atoms with van der Waals surface area (Å²) in [7, 11) is 3.72. The van der Waals surface area contributed by atoms with E-state index in [0.29, 0.717) is 192 Å². The minimum atomic E-state index is -4.46. The number of alkyl halides is 3. The van der Waals surface area contributed by atoms with Crippen molar-refractivity contribution in [3.63, 3.8) is 0 Å². The van der Waals surface area contributed by atoms with Crippen LogP contribution in [0.5, 0.6) is 0 Å². The molecular weight excluding hydrogens is 2110 g/mol. The number of hydrogen-bond acceptors (Lipinski definition) is 40. The number of rotatable bonds is 32. The van der Waals surface area contributed by atoms with Crippen molar-refractivity contribution < 1.29 is 82.9 Å². The average molecular weight is 2200 g/mol. The molecule has 17 aromatic rings. The van der Waals surface area contributed by atoms with Crippen LogP contribution in [0.15, 0.2) is 246 Å². The van der Waals surface area contributed by atoms with E-state index >= 15 is 0 Å². The van der Waals surface area contributed by atoms with Crippen molar-refractivity contribution >= 4 is 160 Å². The summed E-state index contributed by atoms with van der Waals surface area (Å²) in [5.74, 6) is 15.0. The number of terminal acetylenes is 1. The Morgan fingerprint density at radius 1 is 0.449 bits per heavy atom. The fourth-order valence-electron chi connectivity index (χ4n) is 12.6. The summed E-state index contributed by atoms with van der Waals surface area (Å²) in [5.41, 5.74) is 6.34. The molecule has 19 rings (SSSR count). The average Bonchev–Trinajstić information content (AvgIpc) is 1.67. The largest absolute Gasteiger partial charge is 0.512 e. The van der Waals surface area contributed by atoms with Crippen molar-refractivity contribution in [2.24, 2.45) is 34.5 Å². The lowest BCUT2D eigenvalue weighted by molar-refractivity contribution is -0.384. The predicted octanol–water partition coefficient (Wildman–Crippen LogP) is 20.5. The van der Waals surface area contributed by atoms with Crippen LogP contribution < -0.4 is 0 Å². The number of aryl methyl sites for hydroxylation is 5. The molecule has 2 aliphatic rings. The molecule has 0 atom stereocenters. The number of Topliss-reactive ketones (excluding diaryl/α,β-unsaturated/α-hetero) is 6. The van der Waals surface area contributed by atoms with Crippen LogP contribution >= 0.6 is 98.3 Å². The van der Waals surface area contributed by atoms with Gasteiger partial charge >= 0.3 is 6.18 Å². The van der Waals surface area contributed by atoms with Gasteiger partial charge in [-0.1, -0.05) is 95.7 Å². The van der Waals surface area contributed by atoms with E-state index in [1.165, 1.54) is 154 Å². The van der Waals surface area contributed by atoms with Crippen LogP contribution in [0.25, 0.3) is 115 Å². The molecule has 42 nitrogen and oxygen atoms in total. The van der Waals surface area contributed by atoms with Gasteiger partial charge in [-0.05, 0) is 181 Å². The normalized spacial score (nSPS) is 11.9. The van der Waals surface area contributed by atoms with Crippen LogP contribution in [0.2, 0.25) is 0 Å². The van der Waals surface area contributed by atoms with E-state index in [1.54, 1.807) is 76.2 Å². The second kappa shape index (κ2) is 51.4. The number of carbonyl (C=O) groups is 6. The quantitative estimate of drug-likeness (QED) is 0.00677. The van der Waals surface area contributed by atoms with Gasteiger partial charge in [-0.3, -0.25) is 78.8 Å². The maximum Gasteiger partial charge on any atom is 0.417 e. The number of aromatic amines is 6. The first-order chi connectivity index (χ1) is 70.4. The fraction of sp³-hybridized carbons (Fsp3) is 0.223. The van der Waals surface area contributed by atoms with E-state index in [0.717, 1.165) is 56.4 Å². The van der Waals surface area contributed by atoms with E-state index in [4.69, 9.17) is 42.4 Å². The third kappa shape index (κ3) is 31.6. The molecule has 17 heterocycles. The first-order valence-electron chi connectivity index (χ1n) is 43.3. The molecule has 147 heavy (non-hydrogen) atoms. The third-order valence-electron chi connectivity index (χ3n) is 19.0. The number of hydrogen-bond donors (Lipinski definition) is 7. The monoisotopic (exact) mass is 2190 g/mol. The van der Waals surface area contributed by atoms with Crippen LogP contribution in [-0.2, 0) is 49.0 Å². The second-order valence-electron chi connectivity index (χ2n) is 31.1. The predicted molar refractivity (Wildman–Crippen MR) is 554 cm³/mol. The lowest BCUT2D eigenvalue weighted by Crippen LogP contribution is -2.06. The molecule has 15 aromatic heterocycles. The van der Waals surface area contributed by atoms with E-state index in [-0.39, 0.29) is 57.5 Å². The SMILES string of the molecule is C#Cc1ccc(-c2nc(SCC(C)=O)n[nH]2)o1.C=C(O)CSC1=NN=C(c2ccc(-c3ccccc3[N+](=O)[O-])o2)C1.CC(=O)CSC1=NN=C(c2ccc(-c3ccccc3C(F)(F)F)o2)C1.CC(=O)CSc1n[nH]c(-c2ccc(-c3c(C)n[nH]c3C)o2)n1.CC(=O)CSc1n[nH]c(-c2ccc(-c3cn(C)nc3C)o2)n1.CC(=O)CSc1n[nH]c(-c2ccc(-c3cnn(C)c3)o2)n1.CC(=O)CSc1n[nH]c(-c2ccc(Br)o2)n1. The van der Waals surface area contributed by atoms with Gasteiger partial charge in [0.2, 0.25) is 25.8 Å². The zero-order chi connectivity index (χ0) is 105. The summed E-state index contributed by atoms with van der Waals surface area (Å²) in [6, 6.07) is 36.2. The summed E-state index contributed by atoms with van der Waals surface area (Å²) in [6.07, 6.45) is 7.13. The summed E-state index contributed by atoms with van der Waals surface area (Å²) < 4.78 is 82.8. The van der Waals surface area contributed by atoms with Gasteiger partial charge in [-0.2, -0.15) is 63.6 Å². The molecule has 53 heteroatoms. The van der Waals surface area contributed by atoms with E-state index in [1.807, 2.05) is 83.7 Å². The highest BCUT2D eigenvalue weighted by Gasteiger charge is 2.35. The van der Waals surface area contributed by atoms with E-state index in [2.05, 4.69) is 145 Å². The van der Waals surface area contributed by atoms with Gasteiger partial charge in [0, 0.05) is 56.7 Å². The number of aromatic nitrogens is 21. The lowest BCUT2D eigenvalue weighted by Gasteiger charge is -2.10. The summed E-state index contributed by atoms with van der Waals surface area (Å²) in [4.78, 5) is 97.5. The van der Waals surface area contributed by atoms with E-state index < -0.39 is 16.7 Å². The number of nitrogens with one attached hydrogen (secondary N) is 6. The summed E-state index contributed by atoms with van der Waals surface area (Å²) in [5, 5.41) is 89.9. The number of nitrogens with zero attached hydrogens (tertiary/aromatic N) is 20. The number of para-hydroxylation sites is 1. The Labute approximate surface area is 870 Å². The van der Waals surface area contributed by atoms with E-state index in [9.17, 15) is 52.1 Å². The van der Waals surface area contributed by atoms with Gasteiger partial charge in [0.05, 0.1) is 96.4 Å². The number of nitro benzene ring substituents is 1. The molecule has 0 bridgehead atoms. The molecule has 0 aliphatic carbocycles. The first-order valence-corrected chi connectivity index (χ1v) is 51.0. The Balaban J connectivity index is 0.000000144. The number of benzene rings is 2. The smallest absolute Gasteiger partial charge is 0.417 e. The van der Waals surface area contributed by atoms with Crippen LogP contribution in [0.4, 0.5) is 18.9 Å². The standard InChI is InChI=1S/C17H13F3N2O2S.C16H13N3O4S.2C14H15N5O2S.C13H13N5O2S.C11H9N3O2S.C9H8BrN3O2S/c1-10(23)9-25-16-8-13(21-22-16)15-7-6-14(24-15)11-4-2-3-5-12(11)17(18,19)20;1-10(20)9-24-16-8-12(17-18-16)15-7-6-14(23-15)11-4-2-3-5-13(11)19(21)22;1-8(20)7-22-14-15-13(16-17-14)12-5-4-11(21-12)10-6-19(3)18-9(10)2;1-7(20)6-22-14-15-13(18-19-14)11-5-4-10(21-11)12-8(2)16-17-9(12)3;1-8(19)7-21-13-15-12(16-17-13)11-4-3-10(20-11)9-5-14-18(2)6-9;1-3-8-4-5-9(16-8)10-12-11(14-13-10)17-6-7(2)15;1-5(14)4-16-9-11-8(12-13-9)6-2-3-7(10)15-6/h2-7H,8-9H2,1H3;2-7,20H,1,8-9H2;4-6H,7H2,1-3H3,(H,15,16,17);4-5H,6H2,1-3H3,(H,16,17)(H,15,18,19);3-6H,7H2,1-2H3,(H,15,16,17);1,4-5H,6H2,2H3,(H,12,13,14);2-3H,4H2,1H3,(H,11,12,13).